The fourth-order valence-electron chi connectivity index (χ4n) is 2.41. The van der Waals surface area contributed by atoms with E-state index in [9.17, 15) is 9.90 Å². The molecule has 2 aliphatic carbocycles. The first-order chi connectivity index (χ1) is 12.8. The van der Waals surface area contributed by atoms with Crippen molar-refractivity contribution in [3.05, 3.63) is 143 Å². The zero-order valence-corrected chi connectivity index (χ0v) is 17.5. The number of hydrogen-bond acceptors (Lipinski definition) is 1. The second kappa shape index (κ2) is 16.6. The van der Waals surface area contributed by atoms with Crippen molar-refractivity contribution in [2.75, 3.05) is 0 Å². The molecular weight excluding hydrogens is 380 g/mol. The number of rotatable bonds is 3. The van der Waals surface area contributed by atoms with Gasteiger partial charge in [0.1, 0.15) is 5.92 Å². The Bertz CT molecular complexity index is 540. The molecule has 0 heterocycles. The third-order valence-corrected chi connectivity index (χ3v) is 3.62. The van der Waals surface area contributed by atoms with Gasteiger partial charge in [-0.15, -0.1) is 0 Å². The predicted octanol–water partition coefficient (Wildman–Crippen LogP) is 5.39. The molecule has 2 nitrogen and oxygen atoms in total. The van der Waals surface area contributed by atoms with Crippen LogP contribution in [0.15, 0.2) is 60.7 Å². The molecule has 1 N–H and O–H groups in total. The average molecular weight is 405 g/mol. The quantitative estimate of drug-likeness (QED) is 0.549. The van der Waals surface area contributed by atoms with Crippen LogP contribution in [0.3, 0.4) is 0 Å². The zero-order valence-electron chi connectivity index (χ0n) is 16.0. The Balaban J connectivity index is 0.000000500. The number of benzene rings is 2. The van der Waals surface area contributed by atoms with Crippen molar-refractivity contribution in [3.8, 4) is 0 Å². The maximum Gasteiger partial charge on any atom is 0.315 e. The Morgan fingerprint density at radius 3 is 1.04 bits per heavy atom. The van der Waals surface area contributed by atoms with E-state index in [1.54, 1.807) is 0 Å². The van der Waals surface area contributed by atoms with Gasteiger partial charge >= 0.3 is 5.97 Å². The first kappa shape index (κ1) is 26.6. The molecule has 142 valence electrons. The SMILES string of the molecule is O=C(O)C(c1ccccc1)c1ccccc1.[CH3-].[CH]1[CH][CH][CH][CH]1.[CH]1[CH][CH][CH][CH]1.[Ti]. The van der Waals surface area contributed by atoms with Crippen LogP contribution in [0.5, 0.6) is 0 Å². The van der Waals surface area contributed by atoms with Gasteiger partial charge in [-0.25, -0.2) is 0 Å². The second-order valence-corrected chi connectivity index (χ2v) is 5.52. The topological polar surface area (TPSA) is 37.3 Å². The monoisotopic (exact) mass is 405 g/mol. The van der Waals surface area contributed by atoms with E-state index in [0.29, 0.717) is 0 Å². The smallest absolute Gasteiger partial charge is 0.315 e. The summed E-state index contributed by atoms with van der Waals surface area (Å²) in [5, 5.41) is 9.28. The Morgan fingerprint density at radius 1 is 0.571 bits per heavy atom. The fourth-order valence-corrected chi connectivity index (χ4v) is 2.41. The summed E-state index contributed by atoms with van der Waals surface area (Å²) >= 11 is 0. The number of carboxylic acids is 1. The van der Waals surface area contributed by atoms with Gasteiger partial charge < -0.3 is 12.5 Å². The molecule has 0 aliphatic heterocycles. The van der Waals surface area contributed by atoms with Crippen molar-refractivity contribution in [3.63, 3.8) is 0 Å². The van der Waals surface area contributed by atoms with Gasteiger partial charge in [-0.1, -0.05) is 60.7 Å². The number of carbonyl (C=O) groups is 1. The molecule has 0 unspecified atom stereocenters. The second-order valence-electron chi connectivity index (χ2n) is 5.52. The van der Waals surface area contributed by atoms with Crippen LogP contribution in [0.2, 0.25) is 0 Å². The number of hydrogen-bond donors (Lipinski definition) is 1. The summed E-state index contributed by atoms with van der Waals surface area (Å²) in [6.07, 6.45) is 20.0. The van der Waals surface area contributed by atoms with E-state index >= 15 is 0 Å². The third kappa shape index (κ3) is 10.2. The Kier molecular flexibility index (Phi) is 15.8. The van der Waals surface area contributed by atoms with Crippen LogP contribution in [-0.4, -0.2) is 11.1 Å². The van der Waals surface area contributed by atoms with Crippen LogP contribution < -0.4 is 0 Å². The first-order valence-electron chi connectivity index (χ1n) is 8.45. The molecule has 28 heavy (non-hydrogen) atoms. The molecule has 0 saturated heterocycles. The molecule has 2 aromatic rings. The van der Waals surface area contributed by atoms with Gasteiger partial charge in [0.05, 0.1) is 0 Å². The summed E-state index contributed by atoms with van der Waals surface area (Å²) in [5.41, 5.74) is 1.61. The molecule has 2 saturated carbocycles. The van der Waals surface area contributed by atoms with Gasteiger partial charge in [0.2, 0.25) is 0 Å². The van der Waals surface area contributed by atoms with Crippen molar-refractivity contribution < 1.29 is 31.6 Å². The third-order valence-electron chi connectivity index (χ3n) is 3.62. The molecular formula is C25H25O2Ti-. The van der Waals surface area contributed by atoms with Crippen LogP contribution in [0.25, 0.3) is 0 Å². The molecule has 0 amide bonds. The Hall–Kier alpha value is -1.38. The van der Waals surface area contributed by atoms with Gasteiger partial charge in [-0.2, -0.15) is 0 Å². The fraction of sp³-hybridized carbons (Fsp3) is 0.0400. The molecule has 3 heteroatoms. The van der Waals surface area contributed by atoms with Crippen molar-refractivity contribution >= 4 is 5.97 Å². The summed E-state index contributed by atoms with van der Waals surface area (Å²) in [6.45, 7) is 0. The van der Waals surface area contributed by atoms with Crippen molar-refractivity contribution in [2.45, 2.75) is 5.92 Å². The summed E-state index contributed by atoms with van der Waals surface area (Å²) in [5.74, 6) is -1.40. The van der Waals surface area contributed by atoms with E-state index in [-0.39, 0.29) is 29.1 Å². The van der Waals surface area contributed by atoms with E-state index in [1.165, 1.54) is 0 Å². The Labute approximate surface area is 186 Å². The van der Waals surface area contributed by atoms with E-state index in [1.807, 2.05) is 125 Å². The van der Waals surface area contributed by atoms with Crippen LogP contribution in [0.4, 0.5) is 0 Å². The predicted molar refractivity (Wildman–Crippen MR) is 112 cm³/mol. The maximum absolute atomic E-state index is 11.3. The average Bonchev–Trinajstić information content (AvgIpc) is 3.42. The standard InChI is InChI=1S/C14H12O2.2C5H5.CH3.Ti/c15-14(16)13(11-7-3-1-4-8-11)12-9-5-2-6-10-12;2*1-2-4-5-3-1;;/h1-10,13H,(H,15,16);2*1-5H;1H3;/q;;;-1;. The zero-order chi connectivity index (χ0) is 18.5. The normalized spacial score (nSPS) is 14.5. The minimum absolute atomic E-state index is 0. The van der Waals surface area contributed by atoms with E-state index in [0.717, 1.165) is 11.1 Å². The van der Waals surface area contributed by atoms with Crippen molar-refractivity contribution in [1.29, 1.82) is 0 Å². The van der Waals surface area contributed by atoms with Crippen LogP contribution in [0.1, 0.15) is 17.0 Å². The molecule has 4 rings (SSSR count). The van der Waals surface area contributed by atoms with Gasteiger partial charge in [0.25, 0.3) is 0 Å². The molecule has 2 fully saturated rings. The van der Waals surface area contributed by atoms with Gasteiger partial charge in [-0.05, 0) is 75.3 Å². The van der Waals surface area contributed by atoms with E-state index in [2.05, 4.69) is 0 Å². The molecule has 2 aliphatic rings. The summed E-state index contributed by atoms with van der Waals surface area (Å²) < 4.78 is 0. The van der Waals surface area contributed by atoms with Crippen LogP contribution >= 0.6 is 0 Å². The van der Waals surface area contributed by atoms with Gasteiger partial charge in [-0.3, -0.25) is 4.79 Å². The number of carboxylic acid groups (broad SMARTS) is 1. The van der Waals surface area contributed by atoms with Crippen molar-refractivity contribution in [2.24, 2.45) is 0 Å². The van der Waals surface area contributed by atoms with E-state index < -0.39 is 11.9 Å². The number of aliphatic carboxylic acids is 1. The maximum atomic E-state index is 11.3. The summed E-state index contributed by atoms with van der Waals surface area (Å²) in [6, 6.07) is 18.5. The minimum Gasteiger partial charge on any atom is -0.481 e. The summed E-state index contributed by atoms with van der Waals surface area (Å²) in [4.78, 5) is 11.3. The molecule has 0 atom stereocenters. The molecule has 0 spiro atoms. The Morgan fingerprint density at radius 2 is 0.821 bits per heavy atom. The van der Waals surface area contributed by atoms with Crippen molar-refractivity contribution in [1.82, 2.24) is 0 Å². The molecule has 10 radical (unpaired) electrons. The molecule has 0 aromatic heterocycles. The first-order valence-corrected chi connectivity index (χ1v) is 8.45. The largest absolute Gasteiger partial charge is 0.481 e. The summed E-state index contributed by atoms with van der Waals surface area (Å²) in [7, 11) is 0. The minimum atomic E-state index is -0.822. The van der Waals surface area contributed by atoms with E-state index in [4.69, 9.17) is 0 Å². The van der Waals surface area contributed by atoms with Gasteiger partial charge in [0.15, 0.2) is 0 Å². The molecule has 0 bridgehead atoms. The van der Waals surface area contributed by atoms with Gasteiger partial charge in [0, 0.05) is 21.7 Å². The molecule has 2 aromatic carbocycles. The van der Waals surface area contributed by atoms with Crippen LogP contribution in [-0.2, 0) is 26.5 Å². The van der Waals surface area contributed by atoms with Crippen LogP contribution in [0, 0.1) is 71.6 Å².